The van der Waals surface area contributed by atoms with Crippen LogP contribution >= 0.6 is 15.9 Å². The molecular weight excluding hydrogens is 282 g/mol. The Balaban J connectivity index is 1.70. The van der Waals surface area contributed by atoms with Gasteiger partial charge in [-0.3, -0.25) is 4.90 Å². The Bertz CT molecular complexity index is 359. The van der Waals surface area contributed by atoms with Gasteiger partial charge >= 0.3 is 0 Å². The third-order valence-corrected chi connectivity index (χ3v) is 3.59. The van der Waals surface area contributed by atoms with Crippen LogP contribution in [-0.4, -0.2) is 42.9 Å². The molecule has 0 amide bonds. The first-order valence-electron chi connectivity index (χ1n) is 5.99. The summed E-state index contributed by atoms with van der Waals surface area (Å²) in [5.74, 6) is 1.36. The van der Waals surface area contributed by atoms with Crippen molar-refractivity contribution in [2.75, 3.05) is 32.8 Å². The van der Waals surface area contributed by atoms with Crippen molar-refractivity contribution < 1.29 is 9.84 Å². The van der Waals surface area contributed by atoms with Gasteiger partial charge in [0.05, 0.1) is 0 Å². The Morgan fingerprint density at radius 1 is 1.47 bits per heavy atom. The van der Waals surface area contributed by atoms with E-state index in [2.05, 4.69) is 20.8 Å². The number of likely N-dealkylation sites (tertiary alicyclic amines) is 1. The van der Waals surface area contributed by atoms with Gasteiger partial charge in [-0.1, -0.05) is 22.0 Å². The average Bonchev–Trinajstić information content (AvgIpc) is 2.77. The van der Waals surface area contributed by atoms with E-state index in [1.807, 2.05) is 24.3 Å². The lowest BCUT2D eigenvalue weighted by Gasteiger charge is -2.15. The maximum absolute atomic E-state index is 9.05. The van der Waals surface area contributed by atoms with Crippen molar-refractivity contribution in [3.05, 3.63) is 28.7 Å². The smallest absolute Gasteiger partial charge is 0.120 e. The molecule has 1 unspecified atom stereocenters. The lowest BCUT2D eigenvalue weighted by Crippen LogP contribution is -2.26. The molecular formula is C13H18BrNO2. The Kier molecular flexibility index (Phi) is 4.83. The number of benzene rings is 1. The van der Waals surface area contributed by atoms with Gasteiger partial charge in [0.2, 0.25) is 0 Å². The third-order valence-electron chi connectivity index (χ3n) is 3.10. The maximum Gasteiger partial charge on any atom is 0.120 e. The molecule has 0 radical (unpaired) electrons. The SMILES string of the molecule is OCC1CCN(CCOc2cccc(Br)c2)C1. The number of aliphatic hydroxyl groups excluding tert-OH is 1. The molecule has 0 aromatic heterocycles. The number of ether oxygens (including phenoxy) is 1. The molecule has 17 heavy (non-hydrogen) atoms. The topological polar surface area (TPSA) is 32.7 Å². The number of rotatable bonds is 5. The van der Waals surface area contributed by atoms with Crippen molar-refractivity contribution in [3.63, 3.8) is 0 Å². The van der Waals surface area contributed by atoms with Gasteiger partial charge < -0.3 is 9.84 Å². The van der Waals surface area contributed by atoms with E-state index < -0.39 is 0 Å². The van der Waals surface area contributed by atoms with Gasteiger partial charge in [0.1, 0.15) is 12.4 Å². The molecule has 0 aliphatic carbocycles. The van der Waals surface area contributed by atoms with Gasteiger partial charge in [-0.15, -0.1) is 0 Å². The van der Waals surface area contributed by atoms with Crippen molar-refractivity contribution in [1.29, 1.82) is 0 Å². The summed E-state index contributed by atoms with van der Waals surface area (Å²) in [4.78, 5) is 2.35. The van der Waals surface area contributed by atoms with Gasteiger partial charge in [-0.2, -0.15) is 0 Å². The maximum atomic E-state index is 9.05. The first kappa shape index (κ1) is 12.9. The van der Waals surface area contributed by atoms with Crippen molar-refractivity contribution >= 4 is 15.9 Å². The lowest BCUT2D eigenvalue weighted by molar-refractivity contribution is 0.204. The van der Waals surface area contributed by atoms with Gasteiger partial charge in [-0.05, 0) is 37.1 Å². The average molecular weight is 300 g/mol. The summed E-state index contributed by atoms with van der Waals surface area (Å²) in [5.41, 5.74) is 0. The minimum absolute atomic E-state index is 0.309. The second-order valence-electron chi connectivity index (χ2n) is 4.44. The second-order valence-corrected chi connectivity index (χ2v) is 5.36. The second kappa shape index (κ2) is 6.38. The fourth-order valence-corrected chi connectivity index (χ4v) is 2.49. The molecule has 2 rings (SSSR count). The molecule has 0 bridgehead atoms. The molecule has 0 saturated carbocycles. The van der Waals surface area contributed by atoms with E-state index in [4.69, 9.17) is 9.84 Å². The van der Waals surface area contributed by atoms with Crippen LogP contribution in [0.5, 0.6) is 5.75 Å². The number of aliphatic hydroxyl groups is 1. The van der Waals surface area contributed by atoms with Gasteiger partial charge in [0.25, 0.3) is 0 Å². The van der Waals surface area contributed by atoms with Crippen LogP contribution in [0.3, 0.4) is 0 Å². The molecule has 3 nitrogen and oxygen atoms in total. The molecule has 1 saturated heterocycles. The van der Waals surface area contributed by atoms with Crippen molar-refractivity contribution in [2.24, 2.45) is 5.92 Å². The van der Waals surface area contributed by atoms with Crippen LogP contribution in [-0.2, 0) is 0 Å². The molecule has 1 fully saturated rings. The van der Waals surface area contributed by atoms with E-state index in [1.54, 1.807) is 0 Å². The fraction of sp³-hybridized carbons (Fsp3) is 0.538. The summed E-state index contributed by atoms with van der Waals surface area (Å²) < 4.78 is 6.72. The molecule has 1 aromatic rings. The molecule has 1 N–H and O–H groups in total. The highest BCUT2D eigenvalue weighted by atomic mass is 79.9. The van der Waals surface area contributed by atoms with Crippen molar-refractivity contribution in [3.8, 4) is 5.75 Å². The monoisotopic (exact) mass is 299 g/mol. The van der Waals surface area contributed by atoms with Gasteiger partial charge in [0, 0.05) is 24.2 Å². The highest BCUT2D eigenvalue weighted by Crippen LogP contribution is 2.18. The van der Waals surface area contributed by atoms with Crippen LogP contribution in [0.2, 0.25) is 0 Å². The Morgan fingerprint density at radius 2 is 2.35 bits per heavy atom. The van der Waals surface area contributed by atoms with E-state index in [9.17, 15) is 0 Å². The lowest BCUT2D eigenvalue weighted by atomic mass is 10.1. The minimum atomic E-state index is 0.309. The van der Waals surface area contributed by atoms with Gasteiger partial charge in [-0.25, -0.2) is 0 Å². The van der Waals surface area contributed by atoms with Crippen LogP contribution in [0.25, 0.3) is 0 Å². The van der Waals surface area contributed by atoms with E-state index in [1.165, 1.54) is 0 Å². The summed E-state index contributed by atoms with van der Waals surface area (Å²) in [6, 6.07) is 7.89. The molecule has 1 aliphatic rings. The zero-order chi connectivity index (χ0) is 12.1. The molecule has 0 spiro atoms. The predicted molar refractivity (Wildman–Crippen MR) is 71.3 cm³/mol. The van der Waals surface area contributed by atoms with Crippen LogP contribution in [0, 0.1) is 5.92 Å². The standard InChI is InChI=1S/C13H18BrNO2/c14-12-2-1-3-13(8-12)17-7-6-15-5-4-11(9-15)10-16/h1-3,8,11,16H,4-7,9-10H2. The highest BCUT2D eigenvalue weighted by Gasteiger charge is 2.20. The number of halogens is 1. The fourth-order valence-electron chi connectivity index (χ4n) is 2.11. The number of nitrogens with zero attached hydrogens (tertiary/aromatic N) is 1. The summed E-state index contributed by atoms with van der Waals surface area (Å²) in [6.45, 7) is 4.02. The summed E-state index contributed by atoms with van der Waals surface area (Å²) in [7, 11) is 0. The quantitative estimate of drug-likeness (QED) is 0.904. The number of hydrogen-bond acceptors (Lipinski definition) is 3. The number of hydrogen-bond donors (Lipinski definition) is 1. The molecule has 1 atom stereocenters. The van der Waals surface area contributed by atoms with E-state index >= 15 is 0 Å². The highest BCUT2D eigenvalue weighted by molar-refractivity contribution is 9.10. The third kappa shape index (κ3) is 3.98. The van der Waals surface area contributed by atoms with Crippen LogP contribution in [0.15, 0.2) is 28.7 Å². The zero-order valence-electron chi connectivity index (χ0n) is 9.81. The Hall–Kier alpha value is -0.580. The van der Waals surface area contributed by atoms with Crippen LogP contribution in [0.1, 0.15) is 6.42 Å². The first-order valence-corrected chi connectivity index (χ1v) is 6.79. The molecule has 4 heteroatoms. The first-order chi connectivity index (χ1) is 8.28. The largest absolute Gasteiger partial charge is 0.492 e. The van der Waals surface area contributed by atoms with E-state index in [-0.39, 0.29) is 0 Å². The van der Waals surface area contributed by atoms with E-state index in [0.717, 1.165) is 36.3 Å². The van der Waals surface area contributed by atoms with Crippen molar-refractivity contribution in [2.45, 2.75) is 6.42 Å². The van der Waals surface area contributed by atoms with E-state index in [0.29, 0.717) is 19.1 Å². The van der Waals surface area contributed by atoms with Gasteiger partial charge in [0.15, 0.2) is 0 Å². The molecule has 94 valence electrons. The Morgan fingerprint density at radius 3 is 3.06 bits per heavy atom. The van der Waals surface area contributed by atoms with Crippen LogP contribution < -0.4 is 4.74 Å². The summed E-state index contributed by atoms with van der Waals surface area (Å²) >= 11 is 3.42. The van der Waals surface area contributed by atoms with Crippen LogP contribution in [0.4, 0.5) is 0 Å². The van der Waals surface area contributed by atoms with Crippen molar-refractivity contribution in [1.82, 2.24) is 4.90 Å². The molecule has 1 aliphatic heterocycles. The predicted octanol–water partition coefficient (Wildman–Crippen LogP) is 2.14. The minimum Gasteiger partial charge on any atom is -0.492 e. The normalized spacial score (nSPS) is 20.7. The molecule has 1 aromatic carbocycles. The Labute approximate surface area is 111 Å². The summed E-state index contributed by atoms with van der Waals surface area (Å²) in [5, 5.41) is 9.05. The molecule has 1 heterocycles. The zero-order valence-corrected chi connectivity index (χ0v) is 11.4. The summed E-state index contributed by atoms with van der Waals surface area (Å²) in [6.07, 6.45) is 1.10.